The summed E-state index contributed by atoms with van der Waals surface area (Å²) in [4.78, 5) is 0. The number of rotatable bonds is 3. The lowest BCUT2D eigenvalue weighted by molar-refractivity contribution is 0.465. The first-order chi connectivity index (χ1) is 8.58. The van der Waals surface area contributed by atoms with E-state index >= 15 is 0 Å². The molecule has 2 N–H and O–H groups in total. The topological polar surface area (TPSA) is 32.3 Å². The van der Waals surface area contributed by atoms with Gasteiger partial charge in [0.15, 0.2) is 0 Å². The predicted molar refractivity (Wildman–Crippen MR) is 77.2 cm³/mol. The number of phenols is 1. The van der Waals surface area contributed by atoms with E-state index in [2.05, 4.69) is 37.2 Å². The molecule has 0 radical (unpaired) electrons. The zero-order valence-corrected chi connectivity index (χ0v) is 12.4. The molecule has 2 aromatic carbocycles. The van der Waals surface area contributed by atoms with Gasteiger partial charge < -0.3 is 10.4 Å². The summed E-state index contributed by atoms with van der Waals surface area (Å²) < 4.78 is 14.4. The summed E-state index contributed by atoms with van der Waals surface area (Å²) in [6, 6.07) is 10.2. The van der Waals surface area contributed by atoms with Gasteiger partial charge in [-0.2, -0.15) is 0 Å². The number of hydrogen-bond donors (Lipinski definition) is 2. The third-order valence-corrected chi connectivity index (χ3v) is 3.76. The molecule has 0 amide bonds. The van der Waals surface area contributed by atoms with E-state index in [1.54, 1.807) is 18.2 Å². The molecule has 2 nitrogen and oxygen atoms in total. The van der Waals surface area contributed by atoms with Crippen LogP contribution < -0.4 is 5.32 Å². The molecule has 0 bridgehead atoms. The van der Waals surface area contributed by atoms with Crippen LogP contribution in [0.5, 0.6) is 5.75 Å². The molecule has 0 aliphatic rings. The Morgan fingerprint density at radius 1 is 1.11 bits per heavy atom. The van der Waals surface area contributed by atoms with Crippen LogP contribution in [0, 0.1) is 5.82 Å². The minimum atomic E-state index is -0.321. The van der Waals surface area contributed by atoms with E-state index in [4.69, 9.17) is 0 Å². The molecule has 2 aromatic rings. The van der Waals surface area contributed by atoms with Gasteiger partial charge in [-0.3, -0.25) is 0 Å². The fourth-order valence-electron chi connectivity index (χ4n) is 1.51. The van der Waals surface area contributed by atoms with Gasteiger partial charge in [0, 0.05) is 17.8 Å². The molecule has 0 unspecified atom stereocenters. The van der Waals surface area contributed by atoms with Crippen molar-refractivity contribution in [1.82, 2.24) is 0 Å². The minimum absolute atomic E-state index is 0.197. The quantitative estimate of drug-likeness (QED) is 0.818. The molecular formula is C13H10Br2FNO. The highest BCUT2D eigenvalue weighted by molar-refractivity contribution is 9.10. The van der Waals surface area contributed by atoms with Crippen LogP contribution in [-0.4, -0.2) is 5.11 Å². The van der Waals surface area contributed by atoms with Crippen LogP contribution in [0.2, 0.25) is 0 Å². The van der Waals surface area contributed by atoms with Crippen molar-refractivity contribution in [1.29, 1.82) is 0 Å². The molecule has 5 heteroatoms. The van der Waals surface area contributed by atoms with Crippen molar-refractivity contribution >= 4 is 37.5 Å². The highest BCUT2D eigenvalue weighted by atomic mass is 79.9. The number of benzene rings is 2. The minimum Gasteiger partial charge on any atom is -0.506 e. The zero-order valence-electron chi connectivity index (χ0n) is 9.25. The van der Waals surface area contributed by atoms with Crippen LogP contribution in [0.4, 0.5) is 10.1 Å². The van der Waals surface area contributed by atoms with Crippen LogP contribution >= 0.6 is 31.9 Å². The Labute approximate surface area is 121 Å². The number of phenolic OH excluding ortho intramolecular Hbond substituents is 1. The van der Waals surface area contributed by atoms with E-state index in [0.717, 1.165) is 5.56 Å². The SMILES string of the molecule is Oc1c(Br)cccc1CNc1ccc(Br)c(F)c1. The van der Waals surface area contributed by atoms with E-state index < -0.39 is 0 Å². The van der Waals surface area contributed by atoms with Crippen molar-refractivity contribution in [3.05, 3.63) is 56.7 Å². The first kappa shape index (κ1) is 13.4. The van der Waals surface area contributed by atoms with Gasteiger partial charge in [-0.05, 0) is 56.1 Å². The van der Waals surface area contributed by atoms with Gasteiger partial charge in [-0.15, -0.1) is 0 Å². The van der Waals surface area contributed by atoms with Crippen molar-refractivity contribution < 1.29 is 9.50 Å². The second-order valence-corrected chi connectivity index (χ2v) is 5.44. The van der Waals surface area contributed by atoms with Crippen LogP contribution in [0.25, 0.3) is 0 Å². The van der Waals surface area contributed by atoms with Crippen molar-refractivity contribution in [3.8, 4) is 5.75 Å². The first-order valence-electron chi connectivity index (χ1n) is 5.23. The number of para-hydroxylation sites is 1. The first-order valence-corrected chi connectivity index (χ1v) is 6.82. The summed E-state index contributed by atoms with van der Waals surface area (Å²) in [7, 11) is 0. The van der Waals surface area contributed by atoms with Crippen LogP contribution in [-0.2, 0) is 6.54 Å². The van der Waals surface area contributed by atoms with Gasteiger partial charge in [0.25, 0.3) is 0 Å². The van der Waals surface area contributed by atoms with Crippen molar-refractivity contribution in [2.45, 2.75) is 6.54 Å². The lowest BCUT2D eigenvalue weighted by Crippen LogP contribution is -2.00. The number of halogens is 3. The summed E-state index contributed by atoms with van der Waals surface area (Å²) in [6.07, 6.45) is 0. The maximum atomic E-state index is 13.3. The molecule has 0 spiro atoms. The molecule has 0 aliphatic carbocycles. The Kier molecular flexibility index (Phi) is 4.24. The molecule has 0 saturated heterocycles. The second-order valence-electron chi connectivity index (χ2n) is 3.73. The molecule has 94 valence electrons. The van der Waals surface area contributed by atoms with E-state index in [-0.39, 0.29) is 11.6 Å². The van der Waals surface area contributed by atoms with Gasteiger partial charge in [0.2, 0.25) is 0 Å². The van der Waals surface area contributed by atoms with Gasteiger partial charge in [-0.1, -0.05) is 12.1 Å². The van der Waals surface area contributed by atoms with Crippen molar-refractivity contribution in [3.63, 3.8) is 0 Å². The van der Waals surface area contributed by atoms with E-state index in [1.807, 2.05) is 12.1 Å². The lowest BCUT2D eigenvalue weighted by Gasteiger charge is -2.09. The fraction of sp³-hybridized carbons (Fsp3) is 0.0769. The number of anilines is 1. The maximum absolute atomic E-state index is 13.3. The summed E-state index contributed by atoms with van der Waals surface area (Å²) in [5.41, 5.74) is 1.41. The number of nitrogens with one attached hydrogen (secondary N) is 1. The molecule has 0 heterocycles. The smallest absolute Gasteiger partial charge is 0.139 e. The molecular weight excluding hydrogens is 365 g/mol. The van der Waals surface area contributed by atoms with E-state index in [1.165, 1.54) is 6.07 Å². The van der Waals surface area contributed by atoms with Gasteiger partial charge in [-0.25, -0.2) is 4.39 Å². The maximum Gasteiger partial charge on any atom is 0.139 e. The van der Waals surface area contributed by atoms with Gasteiger partial charge in [0.1, 0.15) is 11.6 Å². The Morgan fingerprint density at radius 2 is 1.89 bits per heavy atom. The highest BCUT2D eigenvalue weighted by Crippen LogP contribution is 2.28. The molecule has 0 aromatic heterocycles. The van der Waals surface area contributed by atoms with Gasteiger partial charge >= 0.3 is 0 Å². The monoisotopic (exact) mass is 373 g/mol. The Morgan fingerprint density at radius 3 is 2.61 bits per heavy atom. The standard InChI is InChI=1S/C13H10Br2FNO/c14-10-5-4-9(6-12(10)16)17-7-8-2-1-3-11(15)13(8)18/h1-6,17-18H,7H2. The highest BCUT2D eigenvalue weighted by Gasteiger charge is 2.05. The second kappa shape index (κ2) is 5.71. The third-order valence-electron chi connectivity index (χ3n) is 2.47. The van der Waals surface area contributed by atoms with Crippen molar-refractivity contribution in [2.75, 3.05) is 5.32 Å². The van der Waals surface area contributed by atoms with E-state index in [9.17, 15) is 9.50 Å². The van der Waals surface area contributed by atoms with Crippen LogP contribution in [0.15, 0.2) is 45.3 Å². The van der Waals surface area contributed by atoms with Crippen molar-refractivity contribution in [2.24, 2.45) is 0 Å². The third kappa shape index (κ3) is 3.03. The zero-order chi connectivity index (χ0) is 13.1. The number of hydrogen-bond acceptors (Lipinski definition) is 2. The van der Waals surface area contributed by atoms with E-state index in [0.29, 0.717) is 21.2 Å². The number of aromatic hydroxyl groups is 1. The molecule has 0 atom stereocenters. The fourth-order valence-corrected chi connectivity index (χ4v) is 2.16. The Balaban J connectivity index is 2.11. The average Bonchev–Trinajstić information content (AvgIpc) is 2.35. The molecule has 2 rings (SSSR count). The normalized spacial score (nSPS) is 10.4. The average molecular weight is 375 g/mol. The van der Waals surface area contributed by atoms with Crippen LogP contribution in [0.1, 0.15) is 5.56 Å². The summed E-state index contributed by atoms with van der Waals surface area (Å²) in [6.45, 7) is 0.423. The van der Waals surface area contributed by atoms with Crippen LogP contribution in [0.3, 0.4) is 0 Å². The largest absolute Gasteiger partial charge is 0.506 e. The molecule has 0 saturated carbocycles. The summed E-state index contributed by atoms with van der Waals surface area (Å²) in [5.74, 6) is -0.124. The Hall–Kier alpha value is -1.07. The molecule has 18 heavy (non-hydrogen) atoms. The molecule has 0 aliphatic heterocycles. The summed E-state index contributed by atoms with van der Waals surface area (Å²) in [5, 5.41) is 12.9. The molecule has 0 fully saturated rings. The summed E-state index contributed by atoms with van der Waals surface area (Å²) >= 11 is 6.35. The predicted octanol–water partition coefficient (Wildman–Crippen LogP) is 4.67. The lowest BCUT2D eigenvalue weighted by atomic mass is 10.2. The Bertz CT molecular complexity index is 575. The van der Waals surface area contributed by atoms with Gasteiger partial charge in [0.05, 0.1) is 8.95 Å².